The number of pyridine rings is 2. The summed E-state index contributed by atoms with van der Waals surface area (Å²) in [5.41, 5.74) is 6.01. The highest BCUT2D eigenvalue weighted by molar-refractivity contribution is 6.04. The second-order valence-corrected chi connectivity index (χ2v) is 6.33. The van der Waals surface area contributed by atoms with E-state index in [9.17, 15) is 19.5 Å². The van der Waals surface area contributed by atoms with E-state index in [1.165, 1.54) is 29.3 Å². The van der Waals surface area contributed by atoms with Gasteiger partial charge in [0.15, 0.2) is 11.5 Å². The first-order chi connectivity index (χ1) is 12.9. The van der Waals surface area contributed by atoms with Gasteiger partial charge in [0.1, 0.15) is 5.82 Å². The number of nitrogens with two attached hydrogens (primary N) is 1. The van der Waals surface area contributed by atoms with E-state index in [-0.39, 0.29) is 23.1 Å². The van der Waals surface area contributed by atoms with Crippen molar-refractivity contribution in [3.05, 3.63) is 41.7 Å². The molecule has 1 saturated heterocycles. The third-order valence-corrected chi connectivity index (χ3v) is 4.67. The summed E-state index contributed by atoms with van der Waals surface area (Å²) in [6.07, 6.45) is 2.03. The molecule has 0 spiro atoms. The number of anilines is 3. The number of fused-ring (bicyclic) bond motifs is 4. The molecule has 2 aromatic heterocycles. The fourth-order valence-corrected chi connectivity index (χ4v) is 3.37. The predicted molar refractivity (Wildman–Crippen MR) is 96.1 cm³/mol. The molecule has 2 aliphatic heterocycles. The molecule has 0 saturated carbocycles. The number of carboxylic acid groups (broad SMARTS) is 1. The van der Waals surface area contributed by atoms with Crippen LogP contribution in [-0.4, -0.2) is 52.1 Å². The van der Waals surface area contributed by atoms with E-state index in [0.717, 1.165) is 18.7 Å². The molecule has 2 bridgehead atoms. The largest absolute Gasteiger partial charge is 0.477 e. The molecule has 10 nitrogen and oxygen atoms in total. The summed E-state index contributed by atoms with van der Waals surface area (Å²) in [5, 5.41) is 11.9. The van der Waals surface area contributed by atoms with Gasteiger partial charge in [-0.1, -0.05) is 0 Å². The van der Waals surface area contributed by atoms with Crippen molar-refractivity contribution >= 4 is 35.2 Å². The van der Waals surface area contributed by atoms with Gasteiger partial charge in [0.05, 0.1) is 17.3 Å². The fraction of sp³-hybridized carbons (Fsp3) is 0.235. The zero-order valence-corrected chi connectivity index (χ0v) is 14.1. The van der Waals surface area contributed by atoms with E-state index in [4.69, 9.17) is 5.73 Å². The molecule has 4 heterocycles. The number of rotatable bonds is 3. The maximum Gasteiger partial charge on any atom is 0.354 e. The Hall–Kier alpha value is -3.69. The average molecular weight is 368 g/mol. The predicted octanol–water partition coefficient (Wildman–Crippen LogP) is 0.904. The standard InChI is InChI=1S/C17H16N6O4/c18-14(24)9-1-4-13(19-7-9)21-17(27)23-10-5-6-22(8-10)12-3-2-11(16(25)26)20-15(12)23/h1-4,7,10H,5-6,8H2,(H2,18,24)(H,25,26)(H,19,21,27)/t10-/m0/s1. The molecule has 0 radical (unpaired) electrons. The van der Waals surface area contributed by atoms with Crippen LogP contribution >= 0.6 is 0 Å². The van der Waals surface area contributed by atoms with Crippen molar-refractivity contribution in [1.29, 1.82) is 0 Å². The Bertz CT molecular complexity index is 945. The van der Waals surface area contributed by atoms with Crippen molar-refractivity contribution in [1.82, 2.24) is 9.97 Å². The maximum atomic E-state index is 12.9. The zero-order valence-electron chi connectivity index (χ0n) is 14.1. The Kier molecular flexibility index (Phi) is 3.87. The third kappa shape index (κ3) is 2.90. The number of nitrogens with one attached hydrogen (secondary N) is 1. The van der Waals surface area contributed by atoms with Gasteiger partial charge in [0.25, 0.3) is 0 Å². The molecule has 0 aliphatic carbocycles. The summed E-state index contributed by atoms with van der Waals surface area (Å²) in [7, 11) is 0. The summed E-state index contributed by atoms with van der Waals surface area (Å²) < 4.78 is 0. The minimum absolute atomic E-state index is 0.112. The van der Waals surface area contributed by atoms with Gasteiger partial charge in [-0.05, 0) is 30.7 Å². The van der Waals surface area contributed by atoms with Gasteiger partial charge in [-0.3, -0.25) is 15.0 Å². The van der Waals surface area contributed by atoms with E-state index in [1.807, 2.05) is 0 Å². The number of amides is 3. The van der Waals surface area contributed by atoms with E-state index in [1.54, 1.807) is 6.07 Å². The smallest absolute Gasteiger partial charge is 0.354 e. The van der Waals surface area contributed by atoms with Gasteiger partial charge >= 0.3 is 12.0 Å². The number of carbonyl (C=O) groups excluding carboxylic acids is 2. The quantitative estimate of drug-likeness (QED) is 0.731. The summed E-state index contributed by atoms with van der Waals surface area (Å²) >= 11 is 0. The Morgan fingerprint density at radius 3 is 2.70 bits per heavy atom. The summed E-state index contributed by atoms with van der Waals surface area (Å²) in [6.45, 7) is 1.42. The second kappa shape index (κ2) is 6.24. The van der Waals surface area contributed by atoms with Crippen LogP contribution in [0.15, 0.2) is 30.5 Å². The number of carbonyl (C=O) groups is 3. The van der Waals surface area contributed by atoms with Crippen LogP contribution in [0, 0.1) is 0 Å². The molecule has 2 aliphatic rings. The van der Waals surface area contributed by atoms with Crippen LogP contribution in [0.1, 0.15) is 27.3 Å². The van der Waals surface area contributed by atoms with Crippen molar-refractivity contribution in [3.8, 4) is 0 Å². The number of carboxylic acids is 1. The van der Waals surface area contributed by atoms with E-state index >= 15 is 0 Å². The molecule has 4 rings (SSSR count). The molecule has 1 atom stereocenters. The van der Waals surface area contributed by atoms with Crippen LogP contribution in [0.5, 0.6) is 0 Å². The molecular formula is C17H16N6O4. The van der Waals surface area contributed by atoms with Crippen molar-refractivity contribution < 1.29 is 19.5 Å². The van der Waals surface area contributed by atoms with Gasteiger partial charge in [-0.2, -0.15) is 0 Å². The van der Waals surface area contributed by atoms with E-state index < -0.39 is 17.9 Å². The second-order valence-electron chi connectivity index (χ2n) is 6.33. The summed E-state index contributed by atoms with van der Waals surface area (Å²) in [5.74, 6) is -1.20. The SMILES string of the molecule is NC(=O)c1ccc(NC(=O)N2c3nc(C(=O)O)ccc3N3CC[C@H]2C3)nc1. The van der Waals surface area contributed by atoms with Crippen molar-refractivity contribution in [2.75, 3.05) is 28.2 Å². The molecule has 2 aromatic rings. The van der Waals surface area contributed by atoms with Gasteiger partial charge in [0, 0.05) is 19.3 Å². The minimum Gasteiger partial charge on any atom is -0.477 e. The highest BCUT2D eigenvalue weighted by Crippen LogP contribution is 2.39. The van der Waals surface area contributed by atoms with E-state index in [0.29, 0.717) is 12.4 Å². The molecule has 4 N–H and O–H groups in total. The molecule has 138 valence electrons. The first kappa shape index (κ1) is 16.8. The van der Waals surface area contributed by atoms with Gasteiger partial charge in [0.2, 0.25) is 5.91 Å². The number of hydrogen-bond donors (Lipinski definition) is 3. The number of urea groups is 1. The van der Waals surface area contributed by atoms with Crippen LogP contribution < -0.4 is 20.9 Å². The number of primary amides is 1. The first-order valence-electron chi connectivity index (χ1n) is 8.29. The zero-order chi connectivity index (χ0) is 19.1. The normalized spacial score (nSPS) is 17.4. The van der Waals surface area contributed by atoms with Crippen LogP contribution in [-0.2, 0) is 0 Å². The minimum atomic E-state index is -1.16. The Labute approximate surface area is 153 Å². The van der Waals surface area contributed by atoms with Gasteiger partial charge in [-0.25, -0.2) is 19.6 Å². The lowest BCUT2D eigenvalue weighted by molar-refractivity contribution is 0.0690. The third-order valence-electron chi connectivity index (χ3n) is 4.67. The van der Waals surface area contributed by atoms with E-state index in [2.05, 4.69) is 20.2 Å². The molecule has 27 heavy (non-hydrogen) atoms. The highest BCUT2D eigenvalue weighted by Gasteiger charge is 2.40. The molecule has 0 aromatic carbocycles. The highest BCUT2D eigenvalue weighted by atomic mass is 16.4. The van der Waals surface area contributed by atoms with Crippen molar-refractivity contribution in [2.24, 2.45) is 5.73 Å². The fourth-order valence-electron chi connectivity index (χ4n) is 3.37. The number of hydrogen-bond acceptors (Lipinski definition) is 6. The molecular weight excluding hydrogens is 352 g/mol. The lowest BCUT2D eigenvalue weighted by atomic mass is 10.2. The molecule has 0 unspecified atom stereocenters. The number of nitrogens with zero attached hydrogens (tertiary/aromatic N) is 4. The first-order valence-corrected chi connectivity index (χ1v) is 8.29. The number of aromatic nitrogens is 2. The monoisotopic (exact) mass is 368 g/mol. The molecule has 10 heteroatoms. The maximum absolute atomic E-state index is 12.9. The van der Waals surface area contributed by atoms with Crippen LogP contribution in [0.3, 0.4) is 0 Å². The van der Waals surface area contributed by atoms with Crippen LogP contribution in [0.2, 0.25) is 0 Å². The van der Waals surface area contributed by atoms with Gasteiger partial charge < -0.3 is 15.7 Å². The summed E-state index contributed by atoms with van der Waals surface area (Å²) in [4.78, 5) is 47.0. The van der Waals surface area contributed by atoms with Crippen LogP contribution in [0.25, 0.3) is 0 Å². The van der Waals surface area contributed by atoms with Crippen molar-refractivity contribution in [3.63, 3.8) is 0 Å². The lowest BCUT2D eigenvalue weighted by Gasteiger charge is -2.35. The average Bonchev–Trinajstić information content (AvgIpc) is 3.06. The molecule has 3 amide bonds. The molecule has 1 fully saturated rings. The van der Waals surface area contributed by atoms with Gasteiger partial charge in [-0.15, -0.1) is 0 Å². The number of aromatic carboxylic acids is 1. The Morgan fingerprint density at radius 2 is 2.04 bits per heavy atom. The Morgan fingerprint density at radius 1 is 1.22 bits per heavy atom. The van der Waals surface area contributed by atoms with Crippen LogP contribution in [0.4, 0.5) is 22.1 Å². The van der Waals surface area contributed by atoms with Crippen molar-refractivity contribution in [2.45, 2.75) is 12.5 Å². The topological polar surface area (TPSA) is 142 Å². The lowest BCUT2D eigenvalue weighted by Crippen LogP contribution is -2.48. The Balaban J connectivity index is 1.65. The summed E-state index contributed by atoms with van der Waals surface area (Å²) in [6, 6.07) is 5.47.